The Morgan fingerprint density at radius 3 is 2.15 bits per heavy atom. The summed E-state index contributed by atoms with van der Waals surface area (Å²) in [6, 6.07) is 3.98. The standard InChI is InChI=1S/C13H14F5NO/c1-3-19(12(20)13(17,18)11(15)16)8(2)9-4-6-10(14)7-5-9/h4-8,11H,3H2,1-2H3. The molecule has 0 saturated carbocycles. The largest absolute Gasteiger partial charge is 0.383 e. The van der Waals surface area contributed by atoms with E-state index in [1.807, 2.05) is 0 Å². The van der Waals surface area contributed by atoms with E-state index in [0.717, 1.165) is 12.1 Å². The van der Waals surface area contributed by atoms with Gasteiger partial charge in [0, 0.05) is 6.54 Å². The van der Waals surface area contributed by atoms with Crippen LogP contribution in [0.2, 0.25) is 0 Å². The smallest absolute Gasteiger partial charge is 0.331 e. The van der Waals surface area contributed by atoms with Crippen LogP contribution in [0.3, 0.4) is 0 Å². The van der Waals surface area contributed by atoms with Crippen LogP contribution in [0.4, 0.5) is 22.0 Å². The third-order valence-electron chi connectivity index (χ3n) is 2.98. The van der Waals surface area contributed by atoms with E-state index < -0.39 is 30.1 Å². The summed E-state index contributed by atoms with van der Waals surface area (Å²) in [5.74, 6) is -7.19. The topological polar surface area (TPSA) is 20.3 Å². The van der Waals surface area contributed by atoms with E-state index in [9.17, 15) is 26.7 Å². The molecule has 1 amide bonds. The molecule has 0 saturated heterocycles. The van der Waals surface area contributed by atoms with E-state index in [4.69, 9.17) is 0 Å². The fourth-order valence-electron chi connectivity index (χ4n) is 1.80. The summed E-state index contributed by atoms with van der Waals surface area (Å²) in [6.45, 7) is 2.65. The van der Waals surface area contributed by atoms with Crippen LogP contribution in [0.15, 0.2) is 24.3 Å². The molecule has 0 bridgehead atoms. The first-order chi connectivity index (χ1) is 9.21. The maximum Gasteiger partial charge on any atom is 0.383 e. The molecule has 7 heteroatoms. The van der Waals surface area contributed by atoms with Gasteiger partial charge in [-0.1, -0.05) is 12.1 Å². The second-order valence-corrected chi connectivity index (χ2v) is 4.24. The lowest BCUT2D eigenvalue weighted by molar-refractivity contribution is -0.182. The molecule has 0 aromatic heterocycles. The lowest BCUT2D eigenvalue weighted by atomic mass is 10.1. The summed E-state index contributed by atoms with van der Waals surface area (Å²) in [5.41, 5.74) is 0.381. The van der Waals surface area contributed by atoms with Gasteiger partial charge in [-0.25, -0.2) is 13.2 Å². The van der Waals surface area contributed by atoms with E-state index in [0.29, 0.717) is 10.5 Å². The van der Waals surface area contributed by atoms with Gasteiger partial charge in [0.15, 0.2) is 0 Å². The minimum absolute atomic E-state index is 0.167. The molecule has 0 N–H and O–H groups in total. The third-order valence-corrected chi connectivity index (χ3v) is 2.98. The Morgan fingerprint density at radius 2 is 1.75 bits per heavy atom. The van der Waals surface area contributed by atoms with Crippen LogP contribution in [-0.2, 0) is 4.79 Å². The summed E-state index contributed by atoms with van der Waals surface area (Å²) in [4.78, 5) is 12.2. The van der Waals surface area contributed by atoms with Crippen LogP contribution in [0.25, 0.3) is 0 Å². The van der Waals surface area contributed by atoms with E-state index >= 15 is 0 Å². The molecule has 0 spiro atoms. The second-order valence-electron chi connectivity index (χ2n) is 4.24. The first-order valence-corrected chi connectivity index (χ1v) is 5.94. The Kier molecular flexibility index (Phi) is 5.08. The van der Waals surface area contributed by atoms with Crippen molar-refractivity contribution in [2.75, 3.05) is 6.54 Å². The average Bonchev–Trinajstić information content (AvgIpc) is 2.39. The van der Waals surface area contributed by atoms with Gasteiger partial charge in [0.1, 0.15) is 5.82 Å². The van der Waals surface area contributed by atoms with E-state index in [2.05, 4.69) is 0 Å². The molecule has 2 nitrogen and oxygen atoms in total. The fraction of sp³-hybridized carbons (Fsp3) is 0.462. The van der Waals surface area contributed by atoms with Crippen molar-refractivity contribution in [3.8, 4) is 0 Å². The Hall–Kier alpha value is -1.66. The van der Waals surface area contributed by atoms with Gasteiger partial charge in [-0.2, -0.15) is 8.78 Å². The molecule has 1 aromatic rings. The number of carbonyl (C=O) groups is 1. The first-order valence-electron chi connectivity index (χ1n) is 5.94. The zero-order chi connectivity index (χ0) is 15.5. The number of rotatable bonds is 5. The number of hydrogen-bond acceptors (Lipinski definition) is 1. The van der Waals surface area contributed by atoms with Crippen molar-refractivity contribution in [1.82, 2.24) is 4.90 Å². The highest BCUT2D eigenvalue weighted by Crippen LogP contribution is 2.30. The third kappa shape index (κ3) is 3.26. The quantitative estimate of drug-likeness (QED) is 0.760. The molecule has 112 valence electrons. The lowest BCUT2D eigenvalue weighted by Gasteiger charge is -2.31. The second kappa shape index (κ2) is 6.19. The Bertz CT molecular complexity index is 460. The van der Waals surface area contributed by atoms with Crippen molar-refractivity contribution in [3.63, 3.8) is 0 Å². The van der Waals surface area contributed by atoms with Crippen LogP contribution < -0.4 is 0 Å². The summed E-state index contributed by atoms with van der Waals surface area (Å²) in [7, 11) is 0. The summed E-state index contributed by atoms with van der Waals surface area (Å²) in [5, 5.41) is 0. The predicted octanol–water partition coefficient (Wildman–Crippen LogP) is 3.64. The van der Waals surface area contributed by atoms with Gasteiger partial charge in [0.2, 0.25) is 0 Å². The van der Waals surface area contributed by atoms with Gasteiger partial charge < -0.3 is 4.90 Å². The highest BCUT2D eigenvalue weighted by atomic mass is 19.3. The van der Waals surface area contributed by atoms with Crippen LogP contribution in [-0.4, -0.2) is 29.7 Å². The Labute approximate surface area is 113 Å². The van der Waals surface area contributed by atoms with Crippen molar-refractivity contribution in [2.24, 2.45) is 0 Å². The zero-order valence-corrected chi connectivity index (χ0v) is 10.9. The number of halogens is 5. The number of benzene rings is 1. The van der Waals surface area contributed by atoms with Crippen LogP contribution in [0.1, 0.15) is 25.5 Å². The summed E-state index contributed by atoms with van der Waals surface area (Å²) >= 11 is 0. The number of hydrogen-bond donors (Lipinski definition) is 0. The van der Waals surface area contributed by atoms with Gasteiger partial charge in [-0.05, 0) is 31.5 Å². The van der Waals surface area contributed by atoms with E-state index in [1.165, 1.54) is 26.0 Å². The molecule has 1 unspecified atom stereocenters. The lowest BCUT2D eigenvalue weighted by Crippen LogP contribution is -2.48. The molecule has 1 rings (SSSR count). The van der Waals surface area contributed by atoms with Crippen molar-refractivity contribution < 1.29 is 26.7 Å². The molecule has 0 fully saturated rings. The highest BCUT2D eigenvalue weighted by Gasteiger charge is 2.51. The Balaban J connectivity index is 3.01. The monoisotopic (exact) mass is 295 g/mol. The first kappa shape index (κ1) is 16.4. The van der Waals surface area contributed by atoms with Crippen LogP contribution >= 0.6 is 0 Å². The van der Waals surface area contributed by atoms with Gasteiger partial charge in [-0.3, -0.25) is 4.79 Å². The number of carbonyl (C=O) groups excluding carboxylic acids is 1. The number of nitrogens with zero attached hydrogens (tertiary/aromatic N) is 1. The van der Waals surface area contributed by atoms with Crippen molar-refractivity contribution in [2.45, 2.75) is 32.2 Å². The van der Waals surface area contributed by atoms with E-state index in [1.54, 1.807) is 0 Å². The summed E-state index contributed by atoms with van der Waals surface area (Å²) < 4.78 is 63.5. The molecule has 1 atom stereocenters. The molecular formula is C13H14F5NO. The van der Waals surface area contributed by atoms with Gasteiger partial charge >= 0.3 is 12.3 Å². The number of amides is 1. The Morgan fingerprint density at radius 1 is 1.25 bits per heavy atom. The van der Waals surface area contributed by atoms with Gasteiger partial charge in [-0.15, -0.1) is 0 Å². The molecule has 1 aromatic carbocycles. The van der Waals surface area contributed by atoms with Crippen LogP contribution in [0.5, 0.6) is 0 Å². The average molecular weight is 295 g/mol. The fourth-order valence-corrected chi connectivity index (χ4v) is 1.80. The maximum atomic E-state index is 13.1. The van der Waals surface area contributed by atoms with E-state index in [-0.39, 0.29) is 6.54 Å². The SMILES string of the molecule is CCN(C(=O)C(F)(F)C(F)F)C(C)c1ccc(F)cc1. The van der Waals surface area contributed by atoms with Gasteiger partial charge in [0.05, 0.1) is 6.04 Å². The molecule has 0 aliphatic heterocycles. The minimum atomic E-state index is -4.73. The van der Waals surface area contributed by atoms with Crippen molar-refractivity contribution >= 4 is 5.91 Å². The van der Waals surface area contributed by atoms with Gasteiger partial charge in [0.25, 0.3) is 5.91 Å². The molecule has 0 radical (unpaired) electrons. The predicted molar refractivity (Wildman–Crippen MR) is 63.2 cm³/mol. The minimum Gasteiger partial charge on any atom is -0.331 e. The highest BCUT2D eigenvalue weighted by molar-refractivity contribution is 5.84. The maximum absolute atomic E-state index is 13.1. The normalized spacial score (nSPS) is 13.4. The summed E-state index contributed by atoms with van der Waals surface area (Å²) in [6.07, 6.45) is -4.07. The van der Waals surface area contributed by atoms with Crippen molar-refractivity contribution in [3.05, 3.63) is 35.6 Å². The van der Waals surface area contributed by atoms with Crippen LogP contribution in [0, 0.1) is 5.82 Å². The molecule has 0 heterocycles. The van der Waals surface area contributed by atoms with Crippen molar-refractivity contribution in [1.29, 1.82) is 0 Å². The molecule has 20 heavy (non-hydrogen) atoms. The zero-order valence-electron chi connectivity index (χ0n) is 10.9. The molecular weight excluding hydrogens is 281 g/mol. The molecule has 0 aliphatic rings. The number of alkyl halides is 4. The molecule has 0 aliphatic carbocycles.